The predicted octanol–water partition coefficient (Wildman–Crippen LogP) is 2.06. The molecule has 108 valence electrons. The van der Waals surface area contributed by atoms with E-state index in [1.165, 1.54) is 6.42 Å². The van der Waals surface area contributed by atoms with Crippen molar-refractivity contribution in [3.05, 3.63) is 0 Å². The van der Waals surface area contributed by atoms with Crippen LogP contribution >= 0.6 is 0 Å². The maximum atomic E-state index is 6.02. The lowest BCUT2D eigenvalue weighted by Gasteiger charge is -2.52. The minimum atomic E-state index is -2.33. The Balaban J connectivity index is 3.12. The van der Waals surface area contributed by atoms with Gasteiger partial charge >= 0.3 is 8.56 Å². The van der Waals surface area contributed by atoms with E-state index in [4.69, 9.17) is 19.3 Å². The van der Waals surface area contributed by atoms with Gasteiger partial charge in [-0.25, -0.2) is 0 Å². The average Bonchev–Trinajstić information content (AvgIpc) is 2.40. The SMILES string of the molecule is COC1(CC(C)CN)C(C)CCC[Si]1(OC)OC. The van der Waals surface area contributed by atoms with Crippen LogP contribution in [-0.2, 0) is 13.6 Å². The largest absolute Gasteiger partial charge is 0.396 e. The van der Waals surface area contributed by atoms with Gasteiger partial charge in [-0.15, -0.1) is 0 Å². The van der Waals surface area contributed by atoms with Crippen LogP contribution in [0.15, 0.2) is 0 Å². The van der Waals surface area contributed by atoms with Crippen molar-refractivity contribution in [2.24, 2.45) is 17.6 Å². The molecule has 0 spiro atoms. The van der Waals surface area contributed by atoms with Crippen LogP contribution in [0.2, 0.25) is 6.04 Å². The van der Waals surface area contributed by atoms with Crippen LogP contribution in [0.4, 0.5) is 0 Å². The van der Waals surface area contributed by atoms with E-state index >= 15 is 0 Å². The van der Waals surface area contributed by atoms with Gasteiger partial charge in [-0.1, -0.05) is 20.3 Å². The third-order valence-corrected chi connectivity index (χ3v) is 9.18. The van der Waals surface area contributed by atoms with Gasteiger partial charge in [0.15, 0.2) is 0 Å². The monoisotopic (exact) mass is 275 g/mol. The number of nitrogens with two attached hydrogens (primary N) is 1. The molecule has 4 nitrogen and oxygen atoms in total. The molecule has 0 radical (unpaired) electrons. The number of rotatable bonds is 6. The van der Waals surface area contributed by atoms with E-state index in [2.05, 4.69) is 13.8 Å². The van der Waals surface area contributed by atoms with Gasteiger partial charge in [-0.05, 0) is 37.3 Å². The molecule has 2 N–H and O–H groups in total. The Morgan fingerprint density at radius 1 is 1.33 bits per heavy atom. The molecule has 1 saturated heterocycles. The first-order valence-electron chi connectivity index (χ1n) is 6.87. The maximum absolute atomic E-state index is 6.02. The van der Waals surface area contributed by atoms with Crippen LogP contribution in [0.1, 0.15) is 33.1 Å². The summed E-state index contributed by atoms with van der Waals surface area (Å²) in [5.41, 5.74) is 5.80. The van der Waals surface area contributed by atoms with Crippen LogP contribution in [-0.4, -0.2) is 41.7 Å². The molecule has 0 saturated carbocycles. The first kappa shape index (κ1) is 16.1. The normalized spacial score (nSPS) is 33.3. The third-order valence-electron chi connectivity index (χ3n) is 4.66. The highest BCUT2D eigenvalue weighted by molar-refractivity contribution is 6.70. The summed E-state index contributed by atoms with van der Waals surface area (Å²) in [7, 11) is 3.01. The van der Waals surface area contributed by atoms with Crippen LogP contribution in [0.25, 0.3) is 0 Å². The summed E-state index contributed by atoms with van der Waals surface area (Å²) < 4.78 is 17.8. The lowest BCUT2D eigenvalue weighted by molar-refractivity contribution is -0.0554. The van der Waals surface area contributed by atoms with Crippen LogP contribution in [0.5, 0.6) is 0 Å². The van der Waals surface area contributed by atoms with Gasteiger partial charge in [0, 0.05) is 21.3 Å². The molecule has 0 aromatic rings. The van der Waals surface area contributed by atoms with E-state index in [9.17, 15) is 0 Å². The minimum Gasteiger partial charge on any atom is -0.396 e. The van der Waals surface area contributed by atoms with E-state index in [1.54, 1.807) is 21.3 Å². The lowest BCUT2D eigenvalue weighted by Crippen LogP contribution is -2.68. The number of hydrogen-bond donors (Lipinski definition) is 1. The third kappa shape index (κ3) is 2.51. The van der Waals surface area contributed by atoms with Gasteiger partial charge in [0.25, 0.3) is 0 Å². The molecule has 1 fully saturated rings. The fraction of sp³-hybridized carbons (Fsp3) is 1.00. The molecule has 18 heavy (non-hydrogen) atoms. The van der Waals surface area contributed by atoms with Crippen molar-refractivity contribution in [2.75, 3.05) is 27.9 Å². The fourth-order valence-corrected chi connectivity index (χ4v) is 7.72. The molecule has 5 heteroatoms. The highest BCUT2D eigenvalue weighted by atomic mass is 28.4. The van der Waals surface area contributed by atoms with Crippen LogP contribution in [0, 0.1) is 11.8 Å². The van der Waals surface area contributed by atoms with Crippen molar-refractivity contribution < 1.29 is 13.6 Å². The van der Waals surface area contributed by atoms with Gasteiger partial charge in [-0.3, -0.25) is 0 Å². The summed E-state index contributed by atoms with van der Waals surface area (Å²) in [5, 5.41) is -0.270. The van der Waals surface area contributed by atoms with E-state index < -0.39 is 8.56 Å². The second-order valence-corrected chi connectivity index (χ2v) is 9.26. The molecule has 1 rings (SSSR count). The summed E-state index contributed by atoms with van der Waals surface area (Å²) >= 11 is 0. The van der Waals surface area contributed by atoms with Crippen molar-refractivity contribution in [1.82, 2.24) is 0 Å². The Hall–Kier alpha value is 0.0569. The quantitative estimate of drug-likeness (QED) is 0.754. The molecule has 1 heterocycles. The van der Waals surface area contributed by atoms with Gasteiger partial charge in [-0.2, -0.15) is 0 Å². The summed E-state index contributed by atoms with van der Waals surface area (Å²) in [4.78, 5) is 0. The van der Waals surface area contributed by atoms with Crippen LogP contribution < -0.4 is 5.73 Å². The van der Waals surface area contributed by atoms with Gasteiger partial charge < -0.3 is 19.3 Å². The Morgan fingerprint density at radius 3 is 2.39 bits per heavy atom. The zero-order valence-electron chi connectivity index (χ0n) is 12.5. The molecule has 1 aliphatic rings. The maximum Gasteiger partial charge on any atom is 0.371 e. The highest BCUT2D eigenvalue weighted by Gasteiger charge is 2.62. The van der Waals surface area contributed by atoms with E-state index in [-0.39, 0.29) is 5.22 Å². The van der Waals surface area contributed by atoms with Gasteiger partial charge in [0.05, 0.1) is 0 Å². The van der Waals surface area contributed by atoms with Crippen LogP contribution in [0.3, 0.4) is 0 Å². The molecule has 0 aliphatic carbocycles. The second-order valence-electron chi connectivity index (χ2n) is 5.59. The second kappa shape index (κ2) is 6.48. The minimum absolute atomic E-state index is 0.270. The molecular weight excluding hydrogens is 246 g/mol. The van der Waals surface area contributed by atoms with Crippen molar-refractivity contribution in [1.29, 1.82) is 0 Å². The molecule has 0 aromatic heterocycles. The molecule has 0 amide bonds. The molecule has 0 bridgehead atoms. The van der Waals surface area contributed by atoms with E-state index in [0.29, 0.717) is 18.4 Å². The molecule has 0 aromatic carbocycles. The zero-order valence-corrected chi connectivity index (χ0v) is 13.5. The van der Waals surface area contributed by atoms with Crippen molar-refractivity contribution in [3.8, 4) is 0 Å². The molecule has 1 aliphatic heterocycles. The van der Waals surface area contributed by atoms with Crippen molar-refractivity contribution in [3.63, 3.8) is 0 Å². The number of methoxy groups -OCH3 is 1. The molecule has 3 unspecified atom stereocenters. The fourth-order valence-electron chi connectivity index (χ4n) is 3.49. The standard InChI is InChI=1S/C13H29NO3Si/c1-11(10-14)9-13(15-3)12(2)7-6-8-18(13,16-4)17-5/h11-12H,6-10,14H2,1-5H3. The Bertz CT molecular complexity index is 261. The predicted molar refractivity (Wildman–Crippen MR) is 75.6 cm³/mol. The number of hydrogen-bond acceptors (Lipinski definition) is 4. The van der Waals surface area contributed by atoms with E-state index in [1.807, 2.05) is 0 Å². The van der Waals surface area contributed by atoms with Gasteiger partial charge in [0.2, 0.25) is 0 Å². The van der Waals surface area contributed by atoms with E-state index in [0.717, 1.165) is 18.9 Å². The number of ether oxygens (including phenoxy) is 1. The lowest BCUT2D eigenvalue weighted by atomic mass is 9.90. The zero-order chi connectivity index (χ0) is 13.8. The van der Waals surface area contributed by atoms with Crippen molar-refractivity contribution in [2.45, 2.75) is 44.4 Å². The Kier molecular flexibility index (Phi) is 5.80. The Labute approximate surface area is 112 Å². The smallest absolute Gasteiger partial charge is 0.371 e. The molecule has 3 atom stereocenters. The average molecular weight is 275 g/mol. The summed E-state index contributed by atoms with van der Waals surface area (Å²) in [6.07, 6.45) is 3.26. The summed E-state index contributed by atoms with van der Waals surface area (Å²) in [6.45, 7) is 5.11. The first-order valence-corrected chi connectivity index (χ1v) is 8.89. The topological polar surface area (TPSA) is 53.7 Å². The first-order chi connectivity index (χ1) is 8.51. The summed E-state index contributed by atoms with van der Waals surface area (Å²) in [5.74, 6) is 0.875. The molecular formula is C13H29NO3Si. The Morgan fingerprint density at radius 2 is 1.94 bits per heavy atom. The van der Waals surface area contributed by atoms with Gasteiger partial charge in [0.1, 0.15) is 5.22 Å². The highest BCUT2D eigenvalue weighted by Crippen LogP contribution is 2.46. The summed E-state index contributed by atoms with van der Waals surface area (Å²) in [6, 6.07) is 1.01. The van der Waals surface area contributed by atoms with Crippen molar-refractivity contribution >= 4 is 8.56 Å².